The predicted molar refractivity (Wildman–Crippen MR) is 87.7 cm³/mol. The summed E-state index contributed by atoms with van der Waals surface area (Å²) in [6, 6.07) is 4.06. The van der Waals surface area contributed by atoms with Crippen molar-refractivity contribution in [3.05, 3.63) is 33.9 Å². The molecule has 0 spiro atoms. The van der Waals surface area contributed by atoms with Crippen molar-refractivity contribution in [2.45, 2.75) is 32.2 Å². The van der Waals surface area contributed by atoms with Gasteiger partial charge in [0.15, 0.2) is 0 Å². The van der Waals surface area contributed by atoms with Crippen molar-refractivity contribution in [2.24, 2.45) is 0 Å². The molecular weight excluding hydrogens is 314 g/mol. The quantitative estimate of drug-likeness (QED) is 0.484. The fraction of sp³-hybridized carbons (Fsp3) is 0.500. The summed E-state index contributed by atoms with van der Waals surface area (Å²) in [4.78, 5) is 36.1. The number of rotatable bonds is 6. The van der Waals surface area contributed by atoms with Gasteiger partial charge >= 0.3 is 5.97 Å². The Morgan fingerprint density at radius 2 is 2.21 bits per heavy atom. The molecule has 1 N–H and O–H groups in total. The number of nitro benzene ring substituents is 1. The normalized spacial score (nSPS) is 17.5. The molecule has 1 fully saturated rings. The van der Waals surface area contributed by atoms with Crippen molar-refractivity contribution < 1.29 is 19.2 Å². The van der Waals surface area contributed by atoms with Crippen molar-refractivity contribution in [3.8, 4) is 0 Å². The molecule has 1 aromatic carbocycles. The highest BCUT2D eigenvalue weighted by Gasteiger charge is 2.31. The zero-order valence-electron chi connectivity index (χ0n) is 13.8. The van der Waals surface area contributed by atoms with Gasteiger partial charge < -0.3 is 10.1 Å². The lowest BCUT2D eigenvalue weighted by atomic mass is 10.1. The molecule has 2 rings (SSSR count). The molecule has 0 saturated carbocycles. The standard InChI is InChI=1S/C16H21N3O5/c1-11-5-6-12(19(22)23)10-13(11)17-15(20)7-9-18-8-3-4-14(18)16(21)24-2/h5-6,10,14H,3-4,7-9H2,1-2H3,(H,17,20). The van der Waals surface area contributed by atoms with Crippen LogP contribution in [0.1, 0.15) is 24.8 Å². The number of carbonyl (C=O) groups is 2. The van der Waals surface area contributed by atoms with E-state index in [0.29, 0.717) is 12.2 Å². The van der Waals surface area contributed by atoms with E-state index >= 15 is 0 Å². The van der Waals surface area contributed by atoms with E-state index in [9.17, 15) is 19.7 Å². The molecule has 1 heterocycles. The Bertz CT molecular complexity index is 647. The highest BCUT2D eigenvalue weighted by molar-refractivity contribution is 5.92. The van der Waals surface area contributed by atoms with Crippen LogP contribution in [-0.4, -0.2) is 47.9 Å². The number of non-ortho nitro benzene ring substituents is 1. The van der Waals surface area contributed by atoms with Crippen LogP contribution < -0.4 is 5.32 Å². The molecule has 1 atom stereocenters. The zero-order valence-corrected chi connectivity index (χ0v) is 13.8. The van der Waals surface area contributed by atoms with E-state index in [1.807, 2.05) is 4.90 Å². The van der Waals surface area contributed by atoms with Gasteiger partial charge in [0.25, 0.3) is 5.69 Å². The Kier molecular flexibility index (Phi) is 5.86. The minimum absolute atomic E-state index is 0.0683. The summed E-state index contributed by atoms with van der Waals surface area (Å²) in [5.74, 6) is -0.517. The molecule has 0 aromatic heterocycles. The van der Waals surface area contributed by atoms with Crippen LogP contribution in [0.2, 0.25) is 0 Å². The first-order valence-electron chi connectivity index (χ1n) is 7.79. The third-order valence-corrected chi connectivity index (χ3v) is 4.17. The van der Waals surface area contributed by atoms with E-state index in [-0.39, 0.29) is 30.0 Å². The highest BCUT2D eigenvalue weighted by Crippen LogP contribution is 2.22. The third-order valence-electron chi connectivity index (χ3n) is 4.17. The lowest BCUT2D eigenvalue weighted by Gasteiger charge is -2.21. The number of carbonyl (C=O) groups excluding carboxylic acids is 2. The summed E-state index contributed by atoms with van der Waals surface area (Å²) in [7, 11) is 1.36. The second-order valence-electron chi connectivity index (χ2n) is 5.77. The number of hydrogen-bond donors (Lipinski definition) is 1. The lowest BCUT2D eigenvalue weighted by molar-refractivity contribution is -0.384. The van der Waals surface area contributed by atoms with Gasteiger partial charge in [0.05, 0.1) is 17.7 Å². The van der Waals surface area contributed by atoms with Crippen LogP contribution in [0.25, 0.3) is 0 Å². The van der Waals surface area contributed by atoms with Gasteiger partial charge in [-0.25, -0.2) is 0 Å². The van der Waals surface area contributed by atoms with E-state index in [0.717, 1.165) is 24.9 Å². The molecule has 1 aliphatic heterocycles. The van der Waals surface area contributed by atoms with E-state index in [2.05, 4.69) is 5.32 Å². The van der Waals surface area contributed by atoms with E-state index in [4.69, 9.17) is 4.74 Å². The fourth-order valence-electron chi connectivity index (χ4n) is 2.81. The zero-order chi connectivity index (χ0) is 17.7. The number of ether oxygens (including phenoxy) is 1. The maximum absolute atomic E-state index is 12.1. The van der Waals surface area contributed by atoms with Crippen LogP contribution in [0.3, 0.4) is 0 Å². The predicted octanol–water partition coefficient (Wildman–Crippen LogP) is 1.87. The monoisotopic (exact) mass is 335 g/mol. The van der Waals surface area contributed by atoms with E-state index in [1.165, 1.54) is 19.2 Å². The Morgan fingerprint density at radius 3 is 2.88 bits per heavy atom. The highest BCUT2D eigenvalue weighted by atomic mass is 16.6. The first-order valence-corrected chi connectivity index (χ1v) is 7.79. The number of aryl methyl sites for hydroxylation is 1. The molecule has 0 aliphatic carbocycles. The van der Waals surface area contributed by atoms with Crippen LogP contribution in [-0.2, 0) is 14.3 Å². The van der Waals surface area contributed by atoms with E-state index < -0.39 is 4.92 Å². The summed E-state index contributed by atoms with van der Waals surface area (Å²) >= 11 is 0. The largest absolute Gasteiger partial charge is 0.468 e. The second kappa shape index (κ2) is 7.87. The van der Waals surface area contributed by atoms with Crippen molar-refractivity contribution >= 4 is 23.3 Å². The van der Waals surface area contributed by atoms with Gasteiger partial charge in [-0.05, 0) is 31.9 Å². The molecule has 8 nitrogen and oxygen atoms in total. The molecule has 0 radical (unpaired) electrons. The number of likely N-dealkylation sites (tertiary alicyclic amines) is 1. The average Bonchev–Trinajstić information content (AvgIpc) is 3.02. The topological polar surface area (TPSA) is 102 Å². The SMILES string of the molecule is COC(=O)C1CCCN1CCC(=O)Nc1cc([N+](=O)[O-])ccc1C. The van der Waals surface area contributed by atoms with Crippen LogP contribution in [0.4, 0.5) is 11.4 Å². The van der Waals surface area contributed by atoms with Crippen LogP contribution >= 0.6 is 0 Å². The molecule has 1 saturated heterocycles. The second-order valence-corrected chi connectivity index (χ2v) is 5.77. The number of hydrogen-bond acceptors (Lipinski definition) is 6. The van der Waals surface area contributed by atoms with Crippen LogP contribution in [0.5, 0.6) is 0 Å². The Hall–Kier alpha value is -2.48. The molecule has 1 aliphatic rings. The molecule has 8 heteroatoms. The number of amides is 1. The van der Waals surface area contributed by atoms with E-state index in [1.54, 1.807) is 13.0 Å². The van der Waals surface area contributed by atoms with Gasteiger partial charge in [0, 0.05) is 25.1 Å². The summed E-state index contributed by atoms with van der Waals surface area (Å²) in [6.07, 6.45) is 1.83. The summed E-state index contributed by atoms with van der Waals surface area (Å²) < 4.78 is 4.77. The number of nitrogens with zero attached hydrogens (tertiary/aromatic N) is 2. The first kappa shape index (κ1) is 17.9. The van der Waals surface area contributed by atoms with Crippen LogP contribution in [0.15, 0.2) is 18.2 Å². The van der Waals surface area contributed by atoms with Crippen molar-refractivity contribution in [1.29, 1.82) is 0 Å². The molecule has 24 heavy (non-hydrogen) atoms. The molecule has 1 unspecified atom stereocenters. The first-order chi connectivity index (χ1) is 11.4. The molecule has 130 valence electrons. The maximum atomic E-state index is 12.1. The van der Waals surface area contributed by atoms with Crippen LogP contribution in [0, 0.1) is 17.0 Å². The van der Waals surface area contributed by atoms with Gasteiger partial charge in [0.2, 0.25) is 5.91 Å². The lowest BCUT2D eigenvalue weighted by Crippen LogP contribution is -2.38. The fourth-order valence-corrected chi connectivity index (χ4v) is 2.81. The number of nitro groups is 1. The van der Waals surface area contributed by atoms with Gasteiger partial charge in [0.1, 0.15) is 6.04 Å². The van der Waals surface area contributed by atoms with Gasteiger partial charge in [-0.1, -0.05) is 6.07 Å². The number of nitrogens with one attached hydrogen (secondary N) is 1. The molecule has 1 amide bonds. The number of methoxy groups -OCH3 is 1. The Balaban J connectivity index is 1.93. The maximum Gasteiger partial charge on any atom is 0.323 e. The minimum Gasteiger partial charge on any atom is -0.468 e. The molecular formula is C16H21N3O5. The summed E-state index contributed by atoms with van der Waals surface area (Å²) in [5, 5.41) is 13.5. The molecule has 0 bridgehead atoms. The average molecular weight is 335 g/mol. The number of anilines is 1. The van der Waals surface area contributed by atoms with Gasteiger partial charge in [-0.15, -0.1) is 0 Å². The third kappa shape index (κ3) is 4.29. The van der Waals surface area contributed by atoms with Crippen molar-refractivity contribution in [1.82, 2.24) is 4.90 Å². The minimum atomic E-state index is -0.500. The van der Waals surface area contributed by atoms with Gasteiger partial charge in [-0.3, -0.25) is 24.6 Å². The number of benzene rings is 1. The summed E-state index contributed by atoms with van der Waals surface area (Å²) in [6.45, 7) is 2.97. The smallest absolute Gasteiger partial charge is 0.323 e. The summed E-state index contributed by atoms with van der Waals surface area (Å²) in [5.41, 5.74) is 1.11. The number of esters is 1. The van der Waals surface area contributed by atoms with Crippen molar-refractivity contribution in [3.63, 3.8) is 0 Å². The Morgan fingerprint density at radius 1 is 1.46 bits per heavy atom. The Labute approximate surface area is 139 Å². The van der Waals surface area contributed by atoms with Crippen molar-refractivity contribution in [2.75, 3.05) is 25.5 Å². The molecule has 1 aromatic rings. The van der Waals surface area contributed by atoms with Gasteiger partial charge in [-0.2, -0.15) is 0 Å².